The Labute approximate surface area is 151 Å². The molecular weight excluding hydrogens is 306 g/mol. The zero-order valence-corrected chi connectivity index (χ0v) is 16.0. The van der Waals surface area contributed by atoms with Gasteiger partial charge in [-0.05, 0) is 54.6 Å². The Kier molecular flexibility index (Phi) is 3.88. The van der Waals surface area contributed by atoms with Gasteiger partial charge in [0.25, 0.3) is 0 Å². The van der Waals surface area contributed by atoms with E-state index in [0.29, 0.717) is 11.8 Å². The molecule has 1 heterocycles. The van der Waals surface area contributed by atoms with Crippen molar-refractivity contribution < 1.29 is 5.11 Å². The third-order valence-electron chi connectivity index (χ3n) is 7.54. The number of benzene rings is 1. The fraction of sp³-hybridized carbons (Fsp3) is 0.565. The van der Waals surface area contributed by atoms with Crippen LogP contribution in [0.2, 0.25) is 0 Å². The number of nitrogens with one attached hydrogen (secondary N) is 1. The molecule has 1 saturated carbocycles. The molecule has 1 aromatic heterocycles. The lowest BCUT2D eigenvalue weighted by atomic mass is 9.51. The quantitative estimate of drug-likeness (QED) is 0.699. The maximum Gasteiger partial charge on any atom is 0.0628 e. The van der Waals surface area contributed by atoms with Crippen molar-refractivity contribution in [3.63, 3.8) is 0 Å². The van der Waals surface area contributed by atoms with Crippen molar-refractivity contribution in [1.82, 2.24) is 4.98 Å². The van der Waals surface area contributed by atoms with E-state index in [9.17, 15) is 5.11 Å². The highest BCUT2D eigenvalue weighted by Gasteiger charge is 2.50. The highest BCUT2D eigenvalue weighted by molar-refractivity contribution is 5.83. The van der Waals surface area contributed by atoms with E-state index in [1.807, 2.05) is 0 Å². The van der Waals surface area contributed by atoms with Gasteiger partial charge in [-0.3, -0.25) is 0 Å². The van der Waals surface area contributed by atoms with Crippen LogP contribution in [-0.2, 0) is 6.42 Å². The highest BCUT2D eigenvalue weighted by atomic mass is 16.3. The predicted molar refractivity (Wildman–Crippen MR) is 104 cm³/mol. The third-order valence-corrected chi connectivity index (χ3v) is 7.54. The number of hydrogen-bond donors (Lipinski definition) is 2. The van der Waals surface area contributed by atoms with E-state index in [2.05, 4.69) is 69.2 Å². The van der Waals surface area contributed by atoms with Gasteiger partial charge in [0.05, 0.1) is 6.10 Å². The van der Waals surface area contributed by atoms with Gasteiger partial charge in [-0.25, -0.2) is 0 Å². The van der Waals surface area contributed by atoms with E-state index in [4.69, 9.17) is 0 Å². The smallest absolute Gasteiger partial charge is 0.0628 e. The molecule has 2 aliphatic carbocycles. The maximum absolute atomic E-state index is 10.6. The van der Waals surface area contributed by atoms with Crippen molar-refractivity contribution >= 4 is 10.9 Å². The molecule has 1 aromatic carbocycles. The van der Waals surface area contributed by atoms with Gasteiger partial charge in [0.15, 0.2) is 0 Å². The van der Waals surface area contributed by atoms with E-state index in [0.717, 1.165) is 25.7 Å². The Balaban J connectivity index is 1.74. The number of aromatic amines is 1. The van der Waals surface area contributed by atoms with Crippen molar-refractivity contribution in [1.29, 1.82) is 0 Å². The first-order valence-corrected chi connectivity index (χ1v) is 9.77. The molecule has 0 amide bonds. The SMILES string of the molecule is CC1CC=C2C(CCC(O)C2(C)C)C1(C)Cc1c[nH]c2ccccc12. The van der Waals surface area contributed by atoms with E-state index in [1.165, 1.54) is 22.0 Å². The molecule has 4 atom stereocenters. The van der Waals surface area contributed by atoms with Crippen LogP contribution in [0.3, 0.4) is 0 Å². The predicted octanol–water partition coefficient (Wildman–Crippen LogP) is 5.48. The first-order valence-electron chi connectivity index (χ1n) is 9.77. The van der Waals surface area contributed by atoms with Crippen LogP contribution < -0.4 is 0 Å². The maximum atomic E-state index is 10.6. The average Bonchev–Trinajstić information content (AvgIpc) is 2.98. The summed E-state index contributed by atoms with van der Waals surface area (Å²) in [5.41, 5.74) is 4.33. The van der Waals surface area contributed by atoms with E-state index >= 15 is 0 Å². The lowest BCUT2D eigenvalue weighted by Gasteiger charge is -2.54. The van der Waals surface area contributed by atoms with Crippen LogP contribution >= 0.6 is 0 Å². The Hall–Kier alpha value is -1.54. The summed E-state index contributed by atoms with van der Waals surface area (Å²) >= 11 is 0. The van der Waals surface area contributed by atoms with Crippen molar-refractivity contribution in [2.75, 3.05) is 0 Å². The van der Waals surface area contributed by atoms with E-state index in [1.54, 1.807) is 0 Å². The normalized spacial score (nSPS) is 34.6. The van der Waals surface area contributed by atoms with Crippen molar-refractivity contribution in [2.24, 2.45) is 22.7 Å². The van der Waals surface area contributed by atoms with Crippen molar-refractivity contribution in [2.45, 2.75) is 59.5 Å². The first kappa shape index (κ1) is 16.9. The van der Waals surface area contributed by atoms with Gasteiger partial charge >= 0.3 is 0 Å². The van der Waals surface area contributed by atoms with Crippen LogP contribution in [0.15, 0.2) is 42.1 Å². The van der Waals surface area contributed by atoms with Gasteiger partial charge in [-0.2, -0.15) is 0 Å². The van der Waals surface area contributed by atoms with Gasteiger partial charge in [-0.1, -0.05) is 57.5 Å². The molecule has 0 spiro atoms. The topological polar surface area (TPSA) is 36.0 Å². The molecule has 2 heteroatoms. The molecule has 2 N–H and O–H groups in total. The molecule has 2 aromatic rings. The summed E-state index contributed by atoms with van der Waals surface area (Å²) in [6.45, 7) is 9.38. The van der Waals surface area contributed by atoms with E-state index in [-0.39, 0.29) is 16.9 Å². The van der Waals surface area contributed by atoms with Gasteiger partial charge in [0.2, 0.25) is 0 Å². The summed E-state index contributed by atoms with van der Waals surface area (Å²) in [6, 6.07) is 8.64. The fourth-order valence-electron chi connectivity index (χ4n) is 5.47. The Morgan fingerprint density at radius 3 is 2.72 bits per heavy atom. The van der Waals surface area contributed by atoms with Crippen LogP contribution in [0.5, 0.6) is 0 Å². The summed E-state index contributed by atoms with van der Waals surface area (Å²) in [4.78, 5) is 3.45. The minimum Gasteiger partial charge on any atom is -0.392 e. The molecule has 2 nitrogen and oxygen atoms in total. The van der Waals surface area contributed by atoms with Gasteiger partial charge < -0.3 is 10.1 Å². The van der Waals surface area contributed by atoms with Crippen LogP contribution in [0.4, 0.5) is 0 Å². The highest BCUT2D eigenvalue weighted by Crippen LogP contribution is 2.57. The average molecular weight is 338 g/mol. The second-order valence-electron chi connectivity index (χ2n) is 9.21. The molecule has 0 radical (unpaired) electrons. The number of rotatable bonds is 2. The number of aromatic nitrogens is 1. The molecule has 0 saturated heterocycles. The minimum atomic E-state index is -0.208. The summed E-state index contributed by atoms with van der Waals surface area (Å²) in [5, 5.41) is 11.9. The largest absolute Gasteiger partial charge is 0.392 e. The Morgan fingerprint density at radius 2 is 1.92 bits per heavy atom. The zero-order chi connectivity index (χ0) is 17.8. The van der Waals surface area contributed by atoms with Gasteiger partial charge in [0.1, 0.15) is 0 Å². The molecular formula is C23H31NO. The standard InChI is InChI=1S/C23H31NO/c1-15-9-10-18-19(11-12-21(25)22(18,2)3)23(15,4)13-16-14-24-20-8-6-5-7-17(16)20/h5-8,10,14-15,19,21,24-25H,9,11-13H2,1-4H3. The number of para-hydroxylation sites is 1. The number of aliphatic hydroxyl groups excluding tert-OH is 1. The van der Waals surface area contributed by atoms with Crippen LogP contribution in [0.1, 0.15) is 52.5 Å². The Bertz CT molecular complexity index is 814. The number of allylic oxidation sites excluding steroid dienone is 1. The molecule has 4 unspecified atom stereocenters. The minimum absolute atomic E-state index is 0.0927. The van der Waals surface area contributed by atoms with Crippen molar-refractivity contribution in [3.8, 4) is 0 Å². The first-order chi connectivity index (χ1) is 11.8. The number of aliphatic hydroxyl groups is 1. The summed E-state index contributed by atoms with van der Waals surface area (Å²) < 4.78 is 0. The number of hydrogen-bond acceptors (Lipinski definition) is 1. The monoisotopic (exact) mass is 337 g/mol. The lowest BCUT2D eigenvalue weighted by molar-refractivity contribution is -0.0109. The van der Waals surface area contributed by atoms with Crippen molar-refractivity contribution in [3.05, 3.63) is 47.7 Å². The third kappa shape index (κ3) is 2.49. The second kappa shape index (κ2) is 5.74. The zero-order valence-electron chi connectivity index (χ0n) is 16.0. The van der Waals surface area contributed by atoms with Crippen LogP contribution in [-0.4, -0.2) is 16.2 Å². The molecule has 25 heavy (non-hydrogen) atoms. The number of H-pyrrole nitrogens is 1. The number of fused-ring (bicyclic) bond motifs is 2. The van der Waals surface area contributed by atoms with Crippen LogP contribution in [0, 0.1) is 22.7 Å². The summed E-state index contributed by atoms with van der Waals surface area (Å²) in [6.07, 6.45) is 8.72. The molecule has 2 aliphatic rings. The van der Waals surface area contributed by atoms with Gasteiger partial charge in [-0.15, -0.1) is 0 Å². The molecule has 4 rings (SSSR count). The molecule has 0 aliphatic heterocycles. The van der Waals surface area contributed by atoms with Crippen LogP contribution in [0.25, 0.3) is 10.9 Å². The molecule has 0 bridgehead atoms. The van der Waals surface area contributed by atoms with Gasteiger partial charge in [0, 0.05) is 22.5 Å². The lowest BCUT2D eigenvalue weighted by Crippen LogP contribution is -2.49. The summed E-state index contributed by atoms with van der Waals surface area (Å²) in [7, 11) is 0. The molecule has 134 valence electrons. The van der Waals surface area contributed by atoms with E-state index < -0.39 is 0 Å². The second-order valence-corrected chi connectivity index (χ2v) is 9.21. The fourth-order valence-corrected chi connectivity index (χ4v) is 5.47. The summed E-state index contributed by atoms with van der Waals surface area (Å²) in [5.74, 6) is 1.23. The Morgan fingerprint density at radius 1 is 1.16 bits per heavy atom. The molecule has 1 fully saturated rings.